The standard InChI is InChI=1S/C17H23N3S.HI/c1-3-11-19-17(18-4-2)20-12-10-15(13-20)14-21-16-8-6-5-7-9-16;/h1,5-9,15H,4,10-14H2,2H3,(H,18,19);1H. The molecule has 0 radical (unpaired) electrons. The van der Waals surface area contributed by atoms with E-state index in [4.69, 9.17) is 6.42 Å². The van der Waals surface area contributed by atoms with Crippen LogP contribution in [0, 0.1) is 18.3 Å². The third kappa shape index (κ3) is 6.09. The number of nitrogens with zero attached hydrogens (tertiary/aromatic N) is 2. The maximum atomic E-state index is 5.30. The number of likely N-dealkylation sites (tertiary alicyclic amines) is 1. The summed E-state index contributed by atoms with van der Waals surface area (Å²) >= 11 is 1.94. The Labute approximate surface area is 155 Å². The van der Waals surface area contributed by atoms with Crippen LogP contribution in [0.1, 0.15) is 13.3 Å². The predicted molar refractivity (Wildman–Crippen MR) is 107 cm³/mol. The summed E-state index contributed by atoms with van der Waals surface area (Å²) in [6, 6.07) is 10.6. The Kier molecular flexibility index (Phi) is 9.41. The first-order chi connectivity index (χ1) is 10.3. The quantitative estimate of drug-likeness (QED) is 0.256. The molecule has 0 aliphatic carbocycles. The smallest absolute Gasteiger partial charge is 0.194 e. The molecule has 1 aliphatic heterocycles. The Morgan fingerprint density at radius 3 is 2.91 bits per heavy atom. The Morgan fingerprint density at radius 2 is 2.23 bits per heavy atom. The van der Waals surface area contributed by atoms with Crippen LogP contribution in [0.25, 0.3) is 0 Å². The molecule has 1 aromatic rings. The second kappa shape index (κ2) is 10.8. The number of hydrogen-bond acceptors (Lipinski definition) is 2. The third-order valence-electron chi connectivity index (χ3n) is 3.47. The molecule has 1 aliphatic rings. The van der Waals surface area contributed by atoms with Crippen molar-refractivity contribution in [3.63, 3.8) is 0 Å². The zero-order valence-electron chi connectivity index (χ0n) is 13.0. The summed E-state index contributed by atoms with van der Waals surface area (Å²) in [5, 5.41) is 3.33. The van der Waals surface area contributed by atoms with Crippen LogP contribution in [0.3, 0.4) is 0 Å². The highest BCUT2D eigenvalue weighted by Crippen LogP contribution is 2.25. The number of nitrogens with one attached hydrogen (secondary N) is 1. The Bertz CT molecular complexity index is 498. The number of aliphatic imine (C=N–C) groups is 1. The molecule has 3 nitrogen and oxygen atoms in total. The summed E-state index contributed by atoms with van der Waals surface area (Å²) in [7, 11) is 0. The van der Waals surface area contributed by atoms with Crippen LogP contribution in [0.15, 0.2) is 40.2 Å². The van der Waals surface area contributed by atoms with Gasteiger partial charge in [-0.15, -0.1) is 42.2 Å². The Balaban J connectivity index is 0.00000242. The molecule has 1 N–H and O–H groups in total. The minimum absolute atomic E-state index is 0. The number of thioether (sulfide) groups is 1. The monoisotopic (exact) mass is 429 g/mol. The van der Waals surface area contributed by atoms with Crippen LogP contribution in [0.4, 0.5) is 0 Å². The van der Waals surface area contributed by atoms with Gasteiger partial charge in [-0.3, -0.25) is 0 Å². The minimum atomic E-state index is 0. The van der Waals surface area contributed by atoms with Crippen molar-refractivity contribution >= 4 is 41.7 Å². The van der Waals surface area contributed by atoms with Gasteiger partial charge in [0.1, 0.15) is 6.54 Å². The first-order valence-corrected chi connectivity index (χ1v) is 8.46. The average Bonchev–Trinajstić information content (AvgIpc) is 2.99. The molecular weight excluding hydrogens is 405 g/mol. The number of rotatable bonds is 5. The summed E-state index contributed by atoms with van der Waals surface area (Å²) < 4.78 is 0. The van der Waals surface area contributed by atoms with E-state index < -0.39 is 0 Å². The maximum Gasteiger partial charge on any atom is 0.194 e. The van der Waals surface area contributed by atoms with Crippen LogP contribution in [0.2, 0.25) is 0 Å². The fourth-order valence-electron chi connectivity index (χ4n) is 2.44. The highest BCUT2D eigenvalue weighted by molar-refractivity contribution is 14.0. The van der Waals surface area contributed by atoms with E-state index in [1.165, 1.54) is 11.3 Å². The molecule has 1 fully saturated rings. The molecule has 1 atom stereocenters. The van der Waals surface area contributed by atoms with Gasteiger partial charge in [-0.05, 0) is 31.4 Å². The second-order valence-electron chi connectivity index (χ2n) is 5.10. The molecule has 5 heteroatoms. The van der Waals surface area contributed by atoms with E-state index in [2.05, 4.69) is 58.4 Å². The topological polar surface area (TPSA) is 27.6 Å². The van der Waals surface area contributed by atoms with E-state index >= 15 is 0 Å². The summed E-state index contributed by atoms with van der Waals surface area (Å²) in [6.07, 6.45) is 6.53. The molecule has 0 saturated carbocycles. The van der Waals surface area contributed by atoms with Gasteiger partial charge >= 0.3 is 0 Å². The third-order valence-corrected chi connectivity index (χ3v) is 4.71. The van der Waals surface area contributed by atoms with Gasteiger partial charge in [0, 0.05) is 30.3 Å². The van der Waals surface area contributed by atoms with Gasteiger partial charge in [0.25, 0.3) is 0 Å². The van der Waals surface area contributed by atoms with Crippen LogP contribution in [-0.4, -0.2) is 42.8 Å². The van der Waals surface area contributed by atoms with Crippen molar-refractivity contribution in [2.75, 3.05) is 31.9 Å². The molecule has 1 saturated heterocycles. The SMILES string of the molecule is C#CCN=C(NCC)N1CCC(CSc2ccccc2)C1.I. The molecule has 120 valence electrons. The van der Waals surface area contributed by atoms with Crippen molar-refractivity contribution in [3.8, 4) is 12.3 Å². The molecule has 2 rings (SSSR count). The highest BCUT2D eigenvalue weighted by atomic mass is 127. The number of benzene rings is 1. The molecule has 1 unspecified atom stereocenters. The van der Waals surface area contributed by atoms with Gasteiger partial charge in [-0.2, -0.15) is 0 Å². The molecule has 0 bridgehead atoms. The van der Waals surface area contributed by atoms with Gasteiger partial charge in [-0.1, -0.05) is 24.1 Å². The summed E-state index contributed by atoms with van der Waals surface area (Å²) in [5.74, 6) is 5.42. The van der Waals surface area contributed by atoms with Crippen molar-refractivity contribution in [1.82, 2.24) is 10.2 Å². The first kappa shape index (κ1) is 19.2. The van der Waals surface area contributed by atoms with Crippen molar-refractivity contribution in [2.45, 2.75) is 18.2 Å². The van der Waals surface area contributed by atoms with Crippen LogP contribution in [-0.2, 0) is 0 Å². The second-order valence-corrected chi connectivity index (χ2v) is 6.19. The van der Waals surface area contributed by atoms with Gasteiger partial charge in [0.15, 0.2) is 5.96 Å². The fraction of sp³-hybridized carbons (Fsp3) is 0.471. The maximum absolute atomic E-state index is 5.30. The minimum Gasteiger partial charge on any atom is -0.356 e. The van der Waals surface area contributed by atoms with Gasteiger partial charge in [0.05, 0.1) is 0 Å². The van der Waals surface area contributed by atoms with Gasteiger partial charge in [0.2, 0.25) is 0 Å². The molecule has 1 aromatic carbocycles. The average molecular weight is 429 g/mol. The van der Waals surface area contributed by atoms with Crippen molar-refractivity contribution < 1.29 is 0 Å². The van der Waals surface area contributed by atoms with E-state index in [1.807, 2.05) is 11.8 Å². The van der Waals surface area contributed by atoms with E-state index in [1.54, 1.807) is 0 Å². The molecule has 0 spiro atoms. The zero-order valence-corrected chi connectivity index (χ0v) is 16.1. The number of halogens is 1. The largest absolute Gasteiger partial charge is 0.356 e. The van der Waals surface area contributed by atoms with E-state index in [0.717, 1.165) is 31.3 Å². The number of hydrogen-bond donors (Lipinski definition) is 1. The molecule has 1 heterocycles. The van der Waals surface area contributed by atoms with Crippen molar-refractivity contribution in [3.05, 3.63) is 30.3 Å². The summed E-state index contributed by atoms with van der Waals surface area (Å²) in [5.41, 5.74) is 0. The van der Waals surface area contributed by atoms with Crippen LogP contribution in [0.5, 0.6) is 0 Å². The summed E-state index contributed by atoms with van der Waals surface area (Å²) in [6.45, 7) is 5.54. The lowest BCUT2D eigenvalue weighted by Crippen LogP contribution is -2.40. The zero-order chi connectivity index (χ0) is 14.9. The van der Waals surface area contributed by atoms with E-state index in [-0.39, 0.29) is 24.0 Å². The van der Waals surface area contributed by atoms with Crippen LogP contribution < -0.4 is 5.32 Å². The normalized spacial score (nSPS) is 17.7. The lowest BCUT2D eigenvalue weighted by atomic mass is 10.2. The first-order valence-electron chi connectivity index (χ1n) is 7.48. The molecule has 0 amide bonds. The lowest BCUT2D eigenvalue weighted by Gasteiger charge is -2.21. The molecular formula is C17H24IN3S. The lowest BCUT2D eigenvalue weighted by molar-refractivity contribution is 0.476. The number of guanidine groups is 1. The predicted octanol–water partition coefficient (Wildman–Crippen LogP) is 3.32. The van der Waals surface area contributed by atoms with Crippen LogP contribution >= 0.6 is 35.7 Å². The summed E-state index contributed by atoms with van der Waals surface area (Å²) in [4.78, 5) is 8.14. The van der Waals surface area contributed by atoms with Crippen molar-refractivity contribution in [1.29, 1.82) is 0 Å². The Hall–Kier alpha value is -0.870. The molecule has 22 heavy (non-hydrogen) atoms. The molecule has 0 aromatic heterocycles. The highest BCUT2D eigenvalue weighted by Gasteiger charge is 2.24. The Morgan fingerprint density at radius 1 is 1.45 bits per heavy atom. The van der Waals surface area contributed by atoms with E-state index in [9.17, 15) is 0 Å². The number of terminal acetylenes is 1. The van der Waals surface area contributed by atoms with Gasteiger partial charge in [-0.25, -0.2) is 4.99 Å². The van der Waals surface area contributed by atoms with E-state index in [0.29, 0.717) is 12.5 Å². The van der Waals surface area contributed by atoms with Crippen molar-refractivity contribution in [2.24, 2.45) is 10.9 Å². The van der Waals surface area contributed by atoms with Gasteiger partial charge < -0.3 is 10.2 Å². The fourth-order valence-corrected chi connectivity index (χ4v) is 3.49.